The molecule has 2 atom stereocenters. The molecule has 0 saturated carbocycles. The van der Waals surface area contributed by atoms with Crippen molar-refractivity contribution in [3.05, 3.63) is 0 Å². The predicted molar refractivity (Wildman–Crippen MR) is 60.9 cm³/mol. The van der Waals surface area contributed by atoms with E-state index in [2.05, 4.69) is 24.2 Å². The zero-order valence-corrected chi connectivity index (χ0v) is 9.99. The van der Waals surface area contributed by atoms with Gasteiger partial charge in [-0.3, -0.25) is 10.2 Å². The van der Waals surface area contributed by atoms with Gasteiger partial charge in [-0.25, -0.2) is 5.84 Å². The zero-order valence-electron chi connectivity index (χ0n) is 9.99. The van der Waals surface area contributed by atoms with Crippen LogP contribution in [0.1, 0.15) is 27.2 Å². The van der Waals surface area contributed by atoms with E-state index in [0.29, 0.717) is 0 Å². The van der Waals surface area contributed by atoms with Crippen molar-refractivity contribution in [3.63, 3.8) is 0 Å². The molecule has 1 aliphatic heterocycles. The molecule has 3 N–H and O–H groups in total. The second-order valence-electron chi connectivity index (χ2n) is 4.96. The van der Waals surface area contributed by atoms with E-state index < -0.39 is 0 Å². The molecular formula is C11H23N3O. The summed E-state index contributed by atoms with van der Waals surface area (Å²) in [5, 5.41) is 0. The lowest BCUT2D eigenvalue weighted by Crippen LogP contribution is -2.40. The Hall–Kier alpha value is -0.610. The van der Waals surface area contributed by atoms with Crippen molar-refractivity contribution in [2.24, 2.45) is 23.6 Å². The van der Waals surface area contributed by atoms with Crippen molar-refractivity contribution < 1.29 is 4.79 Å². The van der Waals surface area contributed by atoms with Crippen LogP contribution in [0.15, 0.2) is 0 Å². The van der Waals surface area contributed by atoms with Gasteiger partial charge in [0.15, 0.2) is 0 Å². The molecule has 0 aromatic rings. The van der Waals surface area contributed by atoms with E-state index in [9.17, 15) is 4.79 Å². The van der Waals surface area contributed by atoms with Crippen LogP contribution in [0.25, 0.3) is 0 Å². The van der Waals surface area contributed by atoms with E-state index >= 15 is 0 Å². The second kappa shape index (κ2) is 5.47. The van der Waals surface area contributed by atoms with Crippen LogP contribution in [0.5, 0.6) is 0 Å². The maximum atomic E-state index is 11.3. The maximum Gasteiger partial charge on any atom is 0.237 e. The highest BCUT2D eigenvalue weighted by Gasteiger charge is 2.26. The number of likely N-dealkylation sites (tertiary alicyclic amines) is 1. The topological polar surface area (TPSA) is 58.4 Å². The molecule has 0 aromatic carbocycles. The third-order valence-corrected chi connectivity index (χ3v) is 3.37. The highest BCUT2D eigenvalue weighted by Crippen LogP contribution is 2.23. The van der Waals surface area contributed by atoms with Gasteiger partial charge in [-0.15, -0.1) is 0 Å². The van der Waals surface area contributed by atoms with Gasteiger partial charge < -0.3 is 4.90 Å². The fraction of sp³-hybridized carbons (Fsp3) is 0.909. The minimum Gasteiger partial charge on any atom is -0.302 e. The minimum absolute atomic E-state index is 0.0130. The largest absolute Gasteiger partial charge is 0.302 e. The Bertz CT molecular complexity index is 218. The number of amides is 1. The fourth-order valence-corrected chi connectivity index (χ4v) is 2.19. The van der Waals surface area contributed by atoms with E-state index in [1.807, 2.05) is 6.92 Å². The molecule has 1 heterocycles. The lowest BCUT2D eigenvalue weighted by atomic mass is 9.95. The number of nitrogens with zero attached hydrogens (tertiary/aromatic N) is 1. The summed E-state index contributed by atoms with van der Waals surface area (Å²) in [5.41, 5.74) is 2.21. The Morgan fingerprint density at radius 1 is 1.53 bits per heavy atom. The predicted octanol–water partition coefficient (Wildman–Crippen LogP) is 0.590. The molecule has 1 fully saturated rings. The number of hydrogen-bond donors (Lipinski definition) is 2. The lowest BCUT2D eigenvalue weighted by Gasteiger charge is -2.20. The normalized spacial score (nSPS) is 24.5. The van der Waals surface area contributed by atoms with Crippen LogP contribution in [-0.4, -0.2) is 30.4 Å². The van der Waals surface area contributed by atoms with Gasteiger partial charge in [0.25, 0.3) is 0 Å². The fourth-order valence-electron chi connectivity index (χ4n) is 2.19. The Balaban J connectivity index is 2.32. The smallest absolute Gasteiger partial charge is 0.237 e. The summed E-state index contributed by atoms with van der Waals surface area (Å²) in [4.78, 5) is 13.6. The Kier molecular flexibility index (Phi) is 4.54. The average molecular weight is 213 g/mol. The standard InChI is InChI=1S/C11H23N3O/c1-8(2)10-4-5-14(7-10)6-9(3)11(15)13-12/h8-10H,4-7,12H2,1-3H3,(H,13,15). The monoisotopic (exact) mass is 213 g/mol. The van der Waals surface area contributed by atoms with Gasteiger partial charge in [-0.2, -0.15) is 0 Å². The van der Waals surface area contributed by atoms with Gasteiger partial charge in [0.1, 0.15) is 0 Å². The number of hydrazine groups is 1. The van der Waals surface area contributed by atoms with Crippen molar-refractivity contribution in [1.29, 1.82) is 0 Å². The van der Waals surface area contributed by atoms with Gasteiger partial charge in [0.2, 0.25) is 5.91 Å². The van der Waals surface area contributed by atoms with Crippen LogP contribution in [0.4, 0.5) is 0 Å². The molecule has 2 unspecified atom stereocenters. The Labute approximate surface area is 92.2 Å². The molecule has 0 aliphatic carbocycles. The molecule has 0 radical (unpaired) electrons. The number of nitrogens with two attached hydrogens (primary N) is 1. The van der Waals surface area contributed by atoms with Gasteiger partial charge in [-0.1, -0.05) is 20.8 Å². The van der Waals surface area contributed by atoms with Crippen LogP contribution in [0.3, 0.4) is 0 Å². The molecule has 4 heteroatoms. The van der Waals surface area contributed by atoms with Gasteiger partial charge in [-0.05, 0) is 24.8 Å². The first kappa shape index (κ1) is 12.5. The van der Waals surface area contributed by atoms with Crippen molar-refractivity contribution in [2.45, 2.75) is 27.2 Å². The lowest BCUT2D eigenvalue weighted by molar-refractivity contribution is -0.125. The molecule has 1 saturated heterocycles. The number of carbonyl (C=O) groups excluding carboxylic acids is 1. The van der Waals surface area contributed by atoms with Gasteiger partial charge >= 0.3 is 0 Å². The highest BCUT2D eigenvalue weighted by molar-refractivity contribution is 5.77. The molecule has 88 valence electrons. The van der Waals surface area contributed by atoms with Crippen LogP contribution in [-0.2, 0) is 4.79 Å². The summed E-state index contributed by atoms with van der Waals surface area (Å²) in [6, 6.07) is 0. The summed E-state index contributed by atoms with van der Waals surface area (Å²) in [6.45, 7) is 9.52. The molecule has 0 spiro atoms. The first-order chi connectivity index (χ1) is 7.04. The van der Waals surface area contributed by atoms with E-state index in [1.54, 1.807) is 0 Å². The number of rotatable bonds is 4. The molecule has 15 heavy (non-hydrogen) atoms. The Morgan fingerprint density at radius 2 is 2.20 bits per heavy atom. The van der Waals surface area contributed by atoms with E-state index in [0.717, 1.165) is 31.5 Å². The van der Waals surface area contributed by atoms with Crippen molar-refractivity contribution >= 4 is 5.91 Å². The molecule has 0 aromatic heterocycles. The number of nitrogens with one attached hydrogen (secondary N) is 1. The van der Waals surface area contributed by atoms with Crippen molar-refractivity contribution in [3.8, 4) is 0 Å². The highest BCUT2D eigenvalue weighted by atomic mass is 16.2. The third-order valence-electron chi connectivity index (χ3n) is 3.37. The SMILES string of the molecule is CC(CN1CCC(C(C)C)C1)C(=O)NN. The maximum absolute atomic E-state index is 11.3. The first-order valence-corrected chi connectivity index (χ1v) is 5.77. The summed E-state index contributed by atoms with van der Waals surface area (Å²) in [7, 11) is 0. The summed E-state index contributed by atoms with van der Waals surface area (Å²) >= 11 is 0. The van der Waals surface area contributed by atoms with E-state index in [4.69, 9.17) is 5.84 Å². The molecular weight excluding hydrogens is 190 g/mol. The van der Waals surface area contributed by atoms with Crippen LogP contribution in [0.2, 0.25) is 0 Å². The third kappa shape index (κ3) is 3.47. The molecule has 1 rings (SSSR count). The summed E-state index contributed by atoms with van der Waals surface area (Å²) < 4.78 is 0. The Morgan fingerprint density at radius 3 is 2.67 bits per heavy atom. The molecule has 4 nitrogen and oxygen atoms in total. The average Bonchev–Trinajstić information content (AvgIpc) is 2.65. The van der Waals surface area contributed by atoms with Crippen LogP contribution < -0.4 is 11.3 Å². The molecule has 1 aliphatic rings. The van der Waals surface area contributed by atoms with E-state index in [-0.39, 0.29) is 11.8 Å². The molecule has 1 amide bonds. The van der Waals surface area contributed by atoms with Crippen molar-refractivity contribution in [1.82, 2.24) is 10.3 Å². The van der Waals surface area contributed by atoms with E-state index in [1.165, 1.54) is 6.42 Å². The van der Waals surface area contributed by atoms with Crippen molar-refractivity contribution in [2.75, 3.05) is 19.6 Å². The number of hydrogen-bond acceptors (Lipinski definition) is 3. The van der Waals surface area contributed by atoms with Crippen LogP contribution >= 0.6 is 0 Å². The zero-order chi connectivity index (χ0) is 11.4. The second-order valence-corrected chi connectivity index (χ2v) is 4.96. The summed E-state index contributed by atoms with van der Waals surface area (Å²) in [6.07, 6.45) is 1.26. The van der Waals surface area contributed by atoms with Crippen LogP contribution in [0, 0.1) is 17.8 Å². The van der Waals surface area contributed by atoms with Gasteiger partial charge in [0.05, 0.1) is 0 Å². The molecule has 0 bridgehead atoms. The van der Waals surface area contributed by atoms with Gasteiger partial charge in [0, 0.05) is 19.0 Å². The minimum atomic E-state index is -0.0667. The number of carbonyl (C=O) groups is 1. The quantitative estimate of drug-likeness (QED) is 0.408. The first-order valence-electron chi connectivity index (χ1n) is 5.77. The summed E-state index contributed by atoms with van der Waals surface area (Å²) in [5.74, 6) is 6.56.